The SMILES string of the molecule is CN(Cc1ccc(OC(C(=O)O)c2cccc(C#N)c2)cc1)S(=O)(=O)c1cc(F)cc(F)c1. The fourth-order valence-electron chi connectivity index (χ4n) is 3.04. The van der Waals surface area contributed by atoms with Gasteiger partial charge in [-0.1, -0.05) is 24.3 Å². The number of halogens is 2. The standard InChI is InChI=1S/C23H18F2N2O5S/c1-27(33(30,31)21-11-18(24)10-19(25)12-21)14-15-5-7-20(8-6-15)32-22(23(28)29)17-4-2-3-16(9-17)13-26/h2-12,22H,14H2,1H3,(H,28,29). The number of nitriles is 1. The van der Waals surface area contributed by atoms with E-state index in [4.69, 9.17) is 10.00 Å². The lowest BCUT2D eigenvalue weighted by Crippen LogP contribution is -2.26. The van der Waals surface area contributed by atoms with E-state index < -0.39 is 38.6 Å². The third kappa shape index (κ3) is 5.71. The van der Waals surface area contributed by atoms with E-state index in [-0.39, 0.29) is 12.3 Å². The molecule has 0 amide bonds. The lowest BCUT2D eigenvalue weighted by molar-refractivity contribution is -0.145. The molecule has 3 aromatic carbocycles. The van der Waals surface area contributed by atoms with Crippen molar-refractivity contribution in [2.75, 3.05) is 7.05 Å². The number of carbonyl (C=O) groups is 1. The number of aliphatic carboxylic acids is 1. The van der Waals surface area contributed by atoms with E-state index in [2.05, 4.69) is 0 Å². The van der Waals surface area contributed by atoms with Crippen molar-refractivity contribution < 1.29 is 31.8 Å². The molecule has 0 saturated carbocycles. The van der Waals surface area contributed by atoms with Crippen LogP contribution in [0.3, 0.4) is 0 Å². The van der Waals surface area contributed by atoms with Gasteiger partial charge in [0.05, 0.1) is 16.5 Å². The number of sulfonamides is 1. The monoisotopic (exact) mass is 472 g/mol. The van der Waals surface area contributed by atoms with Gasteiger partial charge < -0.3 is 9.84 Å². The van der Waals surface area contributed by atoms with Gasteiger partial charge in [-0.25, -0.2) is 22.0 Å². The molecule has 7 nitrogen and oxygen atoms in total. The van der Waals surface area contributed by atoms with Crippen LogP contribution in [0.25, 0.3) is 0 Å². The van der Waals surface area contributed by atoms with Crippen molar-refractivity contribution >= 4 is 16.0 Å². The summed E-state index contributed by atoms with van der Waals surface area (Å²) in [6, 6.07) is 16.1. The Morgan fingerprint density at radius 3 is 2.30 bits per heavy atom. The number of hydrogen-bond donors (Lipinski definition) is 1. The zero-order valence-electron chi connectivity index (χ0n) is 17.3. The molecule has 0 bridgehead atoms. The number of carboxylic acids is 1. The summed E-state index contributed by atoms with van der Waals surface area (Å²) in [6.07, 6.45) is -1.35. The van der Waals surface area contributed by atoms with Gasteiger partial charge in [-0.05, 0) is 42.0 Å². The van der Waals surface area contributed by atoms with Gasteiger partial charge >= 0.3 is 5.97 Å². The summed E-state index contributed by atoms with van der Waals surface area (Å²) in [7, 11) is -2.88. The molecule has 1 unspecified atom stereocenters. The Labute approximate surface area is 189 Å². The summed E-state index contributed by atoms with van der Waals surface area (Å²) in [4.78, 5) is 11.2. The molecule has 0 saturated heterocycles. The topological polar surface area (TPSA) is 108 Å². The highest BCUT2D eigenvalue weighted by atomic mass is 32.2. The second-order valence-electron chi connectivity index (χ2n) is 7.08. The van der Waals surface area contributed by atoms with Crippen molar-refractivity contribution in [1.82, 2.24) is 4.31 Å². The molecule has 1 N–H and O–H groups in total. The molecule has 0 aliphatic heterocycles. The van der Waals surface area contributed by atoms with Crippen LogP contribution >= 0.6 is 0 Å². The Hall–Kier alpha value is -3.81. The van der Waals surface area contributed by atoms with E-state index in [0.29, 0.717) is 22.8 Å². The minimum absolute atomic E-state index is 0.104. The summed E-state index contributed by atoms with van der Waals surface area (Å²) in [5, 5.41) is 18.5. The number of rotatable bonds is 8. The second-order valence-corrected chi connectivity index (χ2v) is 9.13. The molecule has 0 radical (unpaired) electrons. The number of nitrogens with zero attached hydrogens (tertiary/aromatic N) is 2. The van der Waals surface area contributed by atoms with E-state index >= 15 is 0 Å². The van der Waals surface area contributed by atoms with Crippen molar-refractivity contribution in [3.05, 3.63) is 95.1 Å². The first-order valence-electron chi connectivity index (χ1n) is 9.51. The van der Waals surface area contributed by atoms with Crippen LogP contribution in [-0.2, 0) is 21.4 Å². The third-order valence-electron chi connectivity index (χ3n) is 4.67. The summed E-state index contributed by atoms with van der Waals surface area (Å²) >= 11 is 0. The van der Waals surface area contributed by atoms with Gasteiger partial charge in [0, 0.05) is 25.2 Å². The molecule has 10 heteroatoms. The molecule has 0 aliphatic carbocycles. The molecule has 0 heterocycles. The quantitative estimate of drug-likeness (QED) is 0.533. The van der Waals surface area contributed by atoms with E-state index in [1.807, 2.05) is 6.07 Å². The fraction of sp³-hybridized carbons (Fsp3) is 0.130. The molecule has 170 valence electrons. The predicted octanol–water partition coefficient (Wildman–Crippen LogP) is 3.86. The van der Waals surface area contributed by atoms with Crippen LogP contribution < -0.4 is 4.74 Å². The Morgan fingerprint density at radius 2 is 1.73 bits per heavy atom. The van der Waals surface area contributed by atoms with Gasteiger partial charge in [-0.3, -0.25) is 0 Å². The maximum absolute atomic E-state index is 13.4. The zero-order valence-corrected chi connectivity index (χ0v) is 18.1. The summed E-state index contributed by atoms with van der Waals surface area (Å²) < 4.78 is 58.6. The number of ether oxygens (including phenoxy) is 1. The van der Waals surface area contributed by atoms with Gasteiger partial charge in [0.25, 0.3) is 0 Å². The highest BCUT2D eigenvalue weighted by Crippen LogP contribution is 2.25. The van der Waals surface area contributed by atoms with Gasteiger partial charge in [0.15, 0.2) is 0 Å². The van der Waals surface area contributed by atoms with Crippen LogP contribution in [0.15, 0.2) is 71.6 Å². The molecule has 0 fully saturated rings. The van der Waals surface area contributed by atoms with E-state index in [1.165, 1.54) is 43.4 Å². The first-order valence-corrected chi connectivity index (χ1v) is 10.9. The van der Waals surface area contributed by atoms with E-state index in [0.717, 1.165) is 16.4 Å². The van der Waals surface area contributed by atoms with Crippen LogP contribution in [0.2, 0.25) is 0 Å². The Bertz CT molecular complexity index is 1300. The molecular formula is C23H18F2N2O5S. The number of benzene rings is 3. The normalized spacial score (nSPS) is 12.2. The van der Waals surface area contributed by atoms with Crippen molar-refractivity contribution in [3.63, 3.8) is 0 Å². The van der Waals surface area contributed by atoms with Crippen LogP contribution in [-0.4, -0.2) is 30.8 Å². The Balaban J connectivity index is 1.75. The molecule has 3 aromatic rings. The Morgan fingerprint density at radius 1 is 1.09 bits per heavy atom. The van der Waals surface area contributed by atoms with Crippen LogP contribution in [0.4, 0.5) is 8.78 Å². The zero-order chi connectivity index (χ0) is 24.2. The molecule has 33 heavy (non-hydrogen) atoms. The smallest absolute Gasteiger partial charge is 0.349 e. The minimum atomic E-state index is -4.15. The lowest BCUT2D eigenvalue weighted by Gasteiger charge is -2.18. The highest BCUT2D eigenvalue weighted by Gasteiger charge is 2.24. The fourth-order valence-corrected chi connectivity index (χ4v) is 4.24. The molecule has 3 rings (SSSR count). The third-order valence-corrected chi connectivity index (χ3v) is 6.45. The van der Waals surface area contributed by atoms with Gasteiger partial charge in [-0.2, -0.15) is 9.57 Å². The second kappa shape index (κ2) is 9.77. The van der Waals surface area contributed by atoms with Crippen LogP contribution in [0.1, 0.15) is 22.8 Å². The maximum atomic E-state index is 13.4. The van der Waals surface area contributed by atoms with Gasteiger partial charge in [-0.15, -0.1) is 0 Å². The average molecular weight is 472 g/mol. The Kier molecular flexibility index (Phi) is 7.06. The highest BCUT2D eigenvalue weighted by molar-refractivity contribution is 7.89. The van der Waals surface area contributed by atoms with Crippen molar-refractivity contribution in [1.29, 1.82) is 5.26 Å². The average Bonchev–Trinajstić information content (AvgIpc) is 2.77. The number of carboxylic acid groups (broad SMARTS) is 1. The lowest BCUT2D eigenvalue weighted by atomic mass is 10.1. The van der Waals surface area contributed by atoms with E-state index in [1.54, 1.807) is 12.1 Å². The molecule has 1 atom stereocenters. The number of hydrogen-bond acceptors (Lipinski definition) is 5. The van der Waals surface area contributed by atoms with Crippen molar-refractivity contribution in [2.45, 2.75) is 17.5 Å². The predicted molar refractivity (Wildman–Crippen MR) is 114 cm³/mol. The first kappa shape index (κ1) is 23.8. The molecule has 0 aliphatic rings. The van der Waals surface area contributed by atoms with Crippen LogP contribution in [0.5, 0.6) is 5.75 Å². The maximum Gasteiger partial charge on any atom is 0.349 e. The minimum Gasteiger partial charge on any atom is -0.478 e. The van der Waals surface area contributed by atoms with E-state index in [9.17, 15) is 27.1 Å². The summed E-state index contributed by atoms with van der Waals surface area (Å²) in [6.45, 7) is -0.104. The van der Waals surface area contributed by atoms with Gasteiger partial charge in [0.1, 0.15) is 17.4 Å². The van der Waals surface area contributed by atoms with Crippen molar-refractivity contribution in [2.24, 2.45) is 0 Å². The summed E-state index contributed by atoms with van der Waals surface area (Å²) in [5.74, 6) is -3.04. The summed E-state index contributed by atoms with van der Waals surface area (Å²) in [5.41, 5.74) is 1.11. The molecule has 0 spiro atoms. The molecular weight excluding hydrogens is 454 g/mol. The molecule has 0 aromatic heterocycles. The first-order chi connectivity index (χ1) is 15.6. The van der Waals surface area contributed by atoms with Crippen molar-refractivity contribution in [3.8, 4) is 11.8 Å². The van der Waals surface area contributed by atoms with Gasteiger partial charge in [0.2, 0.25) is 16.1 Å². The van der Waals surface area contributed by atoms with Crippen LogP contribution in [0, 0.1) is 23.0 Å². The largest absolute Gasteiger partial charge is 0.478 e.